The van der Waals surface area contributed by atoms with E-state index in [-0.39, 0.29) is 0 Å². The molecule has 0 saturated heterocycles. The molecule has 0 bridgehead atoms. The van der Waals surface area contributed by atoms with Crippen molar-refractivity contribution in [2.45, 2.75) is 52.0 Å². The first kappa shape index (κ1) is 14.2. The van der Waals surface area contributed by atoms with Crippen LogP contribution in [0.1, 0.15) is 44.7 Å². The average molecular weight is 284 g/mol. The van der Waals surface area contributed by atoms with E-state index in [4.69, 9.17) is 4.74 Å². The Morgan fingerprint density at radius 2 is 2.00 bits per heavy atom. The maximum atomic E-state index is 5.63. The lowest BCUT2D eigenvalue weighted by molar-refractivity contribution is 0.340. The predicted molar refractivity (Wildman–Crippen MR) is 88.1 cm³/mol. The van der Waals surface area contributed by atoms with Crippen molar-refractivity contribution < 1.29 is 4.74 Å². The lowest BCUT2D eigenvalue weighted by Gasteiger charge is -2.24. The molecule has 1 aliphatic carbocycles. The van der Waals surface area contributed by atoms with Gasteiger partial charge in [0.15, 0.2) is 0 Å². The number of aryl methyl sites for hydroxylation is 1. The zero-order valence-corrected chi connectivity index (χ0v) is 13.0. The summed E-state index contributed by atoms with van der Waals surface area (Å²) in [7, 11) is 0. The summed E-state index contributed by atoms with van der Waals surface area (Å²) >= 11 is 0. The van der Waals surface area contributed by atoms with Crippen molar-refractivity contribution in [3.05, 3.63) is 30.0 Å². The highest BCUT2D eigenvalue weighted by Crippen LogP contribution is 2.30. The van der Waals surface area contributed by atoms with E-state index in [9.17, 15) is 0 Å². The molecule has 0 unspecified atom stereocenters. The number of benzene rings is 1. The maximum Gasteiger partial charge on any atom is 0.120 e. The summed E-state index contributed by atoms with van der Waals surface area (Å²) in [5, 5.41) is 4.90. The Morgan fingerprint density at radius 3 is 2.76 bits per heavy atom. The van der Waals surface area contributed by atoms with Gasteiger partial charge in [-0.2, -0.15) is 0 Å². The lowest BCUT2D eigenvalue weighted by atomic mass is 9.95. The highest BCUT2D eigenvalue weighted by Gasteiger charge is 2.15. The van der Waals surface area contributed by atoms with E-state index in [2.05, 4.69) is 35.4 Å². The Kier molecular flexibility index (Phi) is 4.28. The molecule has 0 atom stereocenters. The summed E-state index contributed by atoms with van der Waals surface area (Å²) < 4.78 is 5.63. The molecule has 21 heavy (non-hydrogen) atoms. The van der Waals surface area contributed by atoms with E-state index in [0.717, 1.165) is 22.3 Å². The molecule has 3 nitrogen and oxygen atoms in total. The third-order valence-electron chi connectivity index (χ3n) is 4.18. The van der Waals surface area contributed by atoms with E-state index in [1.165, 1.54) is 37.8 Å². The quantitative estimate of drug-likeness (QED) is 0.884. The van der Waals surface area contributed by atoms with E-state index in [0.29, 0.717) is 12.6 Å². The van der Waals surface area contributed by atoms with Crippen LogP contribution in [0, 0.1) is 6.92 Å². The number of hydrogen-bond acceptors (Lipinski definition) is 3. The van der Waals surface area contributed by atoms with E-state index in [1.54, 1.807) is 0 Å². The van der Waals surface area contributed by atoms with Crippen LogP contribution in [0.3, 0.4) is 0 Å². The highest BCUT2D eigenvalue weighted by atomic mass is 16.5. The van der Waals surface area contributed by atoms with Gasteiger partial charge in [0, 0.05) is 22.8 Å². The SMILES string of the molecule is CCOc1ccc2nc(C)cc(NC3CCCCC3)c2c1. The average Bonchev–Trinajstić information content (AvgIpc) is 2.49. The number of fused-ring (bicyclic) bond motifs is 1. The van der Waals surface area contributed by atoms with Gasteiger partial charge in [-0.05, 0) is 51.0 Å². The van der Waals surface area contributed by atoms with Crippen LogP contribution in [0.2, 0.25) is 0 Å². The lowest BCUT2D eigenvalue weighted by Crippen LogP contribution is -2.22. The Labute approximate surface area is 126 Å². The number of hydrogen-bond donors (Lipinski definition) is 1. The first-order valence-corrected chi connectivity index (χ1v) is 8.07. The molecule has 1 aromatic carbocycles. The second-order valence-electron chi connectivity index (χ2n) is 5.90. The number of nitrogens with one attached hydrogen (secondary N) is 1. The van der Waals surface area contributed by atoms with Crippen LogP contribution in [-0.4, -0.2) is 17.6 Å². The van der Waals surface area contributed by atoms with Crippen LogP contribution >= 0.6 is 0 Å². The minimum absolute atomic E-state index is 0.597. The monoisotopic (exact) mass is 284 g/mol. The molecule has 0 aliphatic heterocycles. The Balaban J connectivity index is 1.95. The van der Waals surface area contributed by atoms with E-state index >= 15 is 0 Å². The molecular formula is C18H24N2O. The molecule has 0 amide bonds. The van der Waals surface area contributed by atoms with E-state index < -0.39 is 0 Å². The van der Waals surface area contributed by atoms with Crippen molar-refractivity contribution in [2.75, 3.05) is 11.9 Å². The minimum atomic E-state index is 0.597. The predicted octanol–water partition coefficient (Wildman–Crippen LogP) is 4.69. The van der Waals surface area contributed by atoms with Crippen molar-refractivity contribution in [2.24, 2.45) is 0 Å². The summed E-state index contributed by atoms with van der Waals surface area (Å²) in [4.78, 5) is 4.64. The molecule has 1 fully saturated rings. The van der Waals surface area contributed by atoms with Crippen molar-refractivity contribution in [1.82, 2.24) is 4.98 Å². The summed E-state index contributed by atoms with van der Waals surface area (Å²) in [5.41, 5.74) is 3.30. The molecule has 2 aromatic rings. The van der Waals surface area contributed by atoms with Crippen LogP contribution in [0.4, 0.5) is 5.69 Å². The van der Waals surface area contributed by atoms with Gasteiger partial charge in [0.1, 0.15) is 5.75 Å². The number of ether oxygens (including phenoxy) is 1. The normalized spacial score (nSPS) is 16.1. The molecule has 1 aromatic heterocycles. The third kappa shape index (κ3) is 3.29. The molecule has 1 N–H and O–H groups in total. The van der Waals surface area contributed by atoms with Crippen molar-refractivity contribution >= 4 is 16.6 Å². The zero-order valence-electron chi connectivity index (χ0n) is 13.0. The number of aromatic nitrogens is 1. The standard InChI is InChI=1S/C18H24N2O/c1-3-21-15-9-10-17-16(12-15)18(11-13(2)19-17)20-14-7-5-4-6-8-14/h9-12,14H,3-8H2,1-2H3,(H,19,20). The molecule has 1 aliphatic rings. The van der Waals surface area contributed by atoms with Gasteiger partial charge in [0.05, 0.1) is 12.1 Å². The number of pyridine rings is 1. The fraction of sp³-hybridized carbons (Fsp3) is 0.500. The van der Waals surface area contributed by atoms with Crippen molar-refractivity contribution in [3.63, 3.8) is 0 Å². The highest BCUT2D eigenvalue weighted by molar-refractivity contribution is 5.92. The van der Waals surface area contributed by atoms with Gasteiger partial charge in [0.25, 0.3) is 0 Å². The maximum absolute atomic E-state index is 5.63. The van der Waals surface area contributed by atoms with Gasteiger partial charge in [-0.15, -0.1) is 0 Å². The summed E-state index contributed by atoms with van der Waals surface area (Å²) in [5.74, 6) is 0.919. The fourth-order valence-electron chi connectivity index (χ4n) is 3.18. The number of rotatable bonds is 4. The number of nitrogens with zero attached hydrogens (tertiary/aromatic N) is 1. The number of anilines is 1. The van der Waals surface area contributed by atoms with Gasteiger partial charge < -0.3 is 10.1 Å². The largest absolute Gasteiger partial charge is 0.494 e. The van der Waals surface area contributed by atoms with Gasteiger partial charge in [-0.3, -0.25) is 4.98 Å². The summed E-state index contributed by atoms with van der Waals surface area (Å²) in [6, 6.07) is 8.92. The van der Waals surface area contributed by atoms with Crippen LogP contribution < -0.4 is 10.1 Å². The topological polar surface area (TPSA) is 34.1 Å². The molecule has 112 valence electrons. The molecular weight excluding hydrogens is 260 g/mol. The molecule has 0 spiro atoms. The first-order valence-electron chi connectivity index (χ1n) is 8.07. The Hall–Kier alpha value is -1.77. The second-order valence-corrected chi connectivity index (χ2v) is 5.90. The third-order valence-corrected chi connectivity index (χ3v) is 4.18. The van der Waals surface area contributed by atoms with Crippen LogP contribution in [-0.2, 0) is 0 Å². The first-order chi connectivity index (χ1) is 10.3. The van der Waals surface area contributed by atoms with Crippen molar-refractivity contribution in [3.8, 4) is 5.75 Å². The van der Waals surface area contributed by atoms with E-state index in [1.807, 2.05) is 13.0 Å². The summed E-state index contributed by atoms with van der Waals surface area (Å²) in [6.07, 6.45) is 6.60. The van der Waals surface area contributed by atoms with Crippen LogP contribution in [0.15, 0.2) is 24.3 Å². The minimum Gasteiger partial charge on any atom is -0.494 e. The fourth-order valence-corrected chi connectivity index (χ4v) is 3.18. The molecule has 3 rings (SSSR count). The Morgan fingerprint density at radius 1 is 1.19 bits per heavy atom. The Bertz CT molecular complexity index is 618. The molecule has 0 radical (unpaired) electrons. The van der Waals surface area contributed by atoms with Gasteiger partial charge in [-0.25, -0.2) is 0 Å². The van der Waals surface area contributed by atoms with Gasteiger partial charge in [0.2, 0.25) is 0 Å². The second kappa shape index (κ2) is 6.33. The molecule has 1 heterocycles. The zero-order chi connectivity index (χ0) is 14.7. The van der Waals surface area contributed by atoms with Gasteiger partial charge >= 0.3 is 0 Å². The van der Waals surface area contributed by atoms with Crippen LogP contribution in [0.25, 0.3) is 10.9 Å². The van der Waals surface area contributed by atoms with Crippen LogP contribution in [0.5, 0.6) is 5.75 Å². The molecule has 1 saturated carbocycles. The van der Waals surface area contributed by atoms with Crippen molar-refractivity contribution in [1.29, 1.82) is 0 Å². The smallest absolute Gasteiger partial charge is 0.120 e. The molecule has 3 heteroatoms. The van der Waals surface area contributed by atoms with Gasteiger partial charge in [-0.1, -0.05) is 19.3 Å². The summed E-state index contributed by atoms with van der Waals surface area (Å²) in [6.45, 7) is 4.76.